The van der Waals surface area contributed by atoms with Gasteiger partial charge in [-0.25, -0.2) is 4.39 Å². The zero-order chi connectivity index (χ0) is 10.4. The Morgan fingerprint density at radius 1 is 1.07 bits per heavy atom. The van der Waals surface area contributed by atoms with Crippen LogP contribution in [0, 0.1) is 5.82 Å². The second kappa shape index (κ2) is 2.70. The Kier molecular flexibility index (Phi) is 1.48. The fraction of sp³-hybridized carbons (Fsp3) is 0. The SMILES string of the molecule is O=c1[nH]ccc2c1[nH]c1c(F)cccc12. The largest absolute Gasteiger partial charge is 0.348 e. The van der Waals surface area contributed by atoms with Gasteiger partial charge in [0.15, 0.2) is 0 Å². The third kappa shape index (κ3) is 1.01. The Morgan fingerprint density at radius 3 is 2.73 bits per heavy atom. The van der Waals surface area contributed by atoms with E-state index in [-0.39, 0.29) is 11.4 Å². The van der Waals surface area contributed by atoms with Crippen molar-refractivity contribution < 1.29 is 4.39 Å². The molecule has 0 aliphatic carbocycles. The number of H-pyrrole nitrogens is 2. The van der Waals surface area contributed by atoms with Gasteiger partial charge < -0.3 is 9.97 Å². The molecule has 0 radical (unpaired) electrons. The smallest absolute Gasteiger partial charge is 0.272 e. The Hall–Kier alpha value is -2.10. The molecule has 4 heteroatoms. The fourth-order valence-corrected chi connectivity index (χ4v) is 1.83. The number of pyridine rings is 1. The van der Waals surface area contributed by atoms with Crippen molar-refractivity contribution in [1.29, 1.82) is 0 Å². The lowest BCUT2D eigenvalue weighted by atomic mass is 10.2. The minimum absolute atomic E-state index is 0.233. The molecule has 74 valence electrons. The number of rotatable bonds is 0. The van der Waals surface area contributed by atoms with E-state index in [9.17, 15) is 9.18 Å². The molecule has 15 heavy (non-hydrogen) atoms. The van der Waals surface area contributed by atoms with E-state index < -0.39 is 0 Å². The van der Waals surface area contributed by atoms with Gasteiger partial charge in [0.1, 0.15) is 11.3 Å². The molecule has 0 saturated carbocycles. The number of aromatic nitrogens is 2. The first-order chi connectivity index (χ1) is 7.27. The monoisotopic (exact) mass is 202 g/mol. The summed E-state index contributed by atoms with van der Waals surface area (Å²) in [6.07, 6.45) is 1.56. The van der Waals surface area contributed by atoms with Gasteiger partial charge in [0, 0.05) is 17.0 Å². The number of nitrogens with one attached hydrogen (secondary N) is 2. The molecule has 3 aromatic rings. The first kappa shape index (κ1) is 8.23. The van der Waals surface area contributed by atoms with E-state index >= 15 is 0 Å². The quantitative estimate of drug-likeness (QED) is 0.576. The molecule has 2 aromatic heterocycles. The van der Waals surface area contributed by atoms with Crippen molar-refractivity contribution in [2.45, 2.75) is 0 Å². The lowest BCUT2D eigenvalue weighted by Gasteiger charge is -1.90. The Morgan fingerprint density at radius 2 is 1.87 bits per heavy atom. The van der Waals surface area contributed by atoms with E-state index in [1.165, 1.54) is 6.07 Å². The maximum Gasteiger partial charge on any atom is 0.272 e. The number of halogens is 1. The summed E-state index contributed by atoms with van der Waals surface area (Å²) < 4.78 is 13.4. The molecule has 3 nitrogen and oxygen atoms in total. The number of hydrogen-bond donors (Lipinski definition) is 2. The summed E-state index contributed by atoms with van der Waals surface area (Å²) in [5.41, 5.74) is 0.560. The van der Waals surface area contributed by atoms with Gasteiger partial charge in [0.05, 0.1) is 5.52 Å². The average molecular weight is 202 g/mol. The average Bonchev–Trinajstić information content (AvgIpc) is 2.60. The first-order valence-electron chi connectivity index (χ1n) is 4.55. The van der Waals surface area contributed by atoms with E-state index in [4.69, 9.17) is 0 Å². The number of fused-ring (bicyclic) bond motifs is 3. The molecule has 3 rings (SSSR count). The van der Waals surface area contributed by atoms with Crippen molar-refractivity contribution in [2.75, 3.05) is 0 Å². The first-order valence-corrected chi connectivity index (χ1v) is 4.55. The summed E-state index contributed by atoms with van der Waals surface area (Å²) >= 11 is 0. The maximum atomic E-state index is 13.4. The van der Waals surface area contributed by atoms with E-state index in [1.807, 2.05) is 0 Å². The standard InChI is InChI=1S/C11H7FN2O/c12-8-3-1-2-6-7-4-5-13-11(15)10(7)14-9(6)8/h1-5,14H,(H,13,15). The van der Waals surface area contributed by atoms with Crippen LogP contribution in [-0.4, -0.2) is 9.97 Å². The number of hydrogen-bond acceptors (Lipinski definition) is 1. The molecule has 2 N–H and O–H groups in total. The molecule has 0 bridgehead atoms. The minimum Gasteiger partial charge on any atom is -0.348 e. The summed E-state index contributed by atoms with van der Waals surface area (Å²) in [6.45, 7) is 0. The van der Waals surface area contributed by atoms with Crippen molar-refractivity contribution >= 4 is 21.8 Å². The summed E-state index contributed by atoms with van der Waals surface area (Å²) in [5, 5.41) is 1.48. The van der Waals surface area contributed by atoms with Crippen LogP contribution in [0.5, 0.6) is 0 Å². The third-order valence-corrected chi connectivity index (χ3v) is 2.51. The van der Waals surface area contributed by atoms with Crippen LogP contribution < -0.4 is 5.56 Å². The Balaban J connectivity index is 2.69. The van der Waals surface area contributed by atoms with Crippen LogP contribution in [-0.2, 0) is 0 Å². The number of aromatic amines is 2. The molecule has 0 aliphatic heterocycles. The highest BCUT2D eigenvalue weighted by Gasteiger charge is 2.08. The molecule has 0 atom stereocenters. The third-order valence-electron chi connectivity index (χ3n) is 2.51. The van der Waals surface area contributed by atoms with Crippen LogP contribution in [0.2, 0.25) is 0 Å². The Bertz CT molecular complexity index is 711. The second-order valence-corrected chi connectivity index (χ2v) is 3.38. The van der Waals surface area contributed by atoms with Crippen molar-refractivity contribution in [3.8, 4) is 0 Å². The van der Waals surface area contributed by atoms with Crippen LogP contribution in [0.3, 0.4) is 0 Å². The van der Waals surface area contributed by atoms with Crippen LogP contribution in [0.1, 0.15) is 0 Å². The van der Waals surface area contributed by atoms with Crippen LogP contribution in [0.4, 0.5) is 4.39 Å². The van der Waals surface area contributed by atoms with Gasteiger partial charge in [-0.1, -0.05) is 12.1 Å². The molecule has 0 amide bonds. The maximum absolute atomic E-state index is 13.4. The van der Waals surface area contributed by atoms with Gasteiger partial charge in [-0.2, -0.15) is 0 Å². The lowest BCUT2D eigenvalue weighted by molar-refractivity contribution is 0.637. The zero-order valence-electron chi connectivity index (χ0n) is 7.67. The summed E-state index contributed by atoms with van der Waals surface area (Å²) in [6, 6.07) is 6.55. The van der Waals surface area contributed by atoms with Crippen molar-refractivity contribution in [3.63, 3.8) is 0 Å². The predicted octanol–water partition coefficient (Wildman–Crippen LogP) is 2.15. The van der Waals surface area contributed by atoms with Crippen LogP contribution in [0.15, 0.2) is 35.3 Å². The van der Waals surface area contributed by atoms with Crippen LogP contribution >= 0.6 is 0 Å². The van der Waals surface area contributed by atoms with E-state index in [0.29, 0.717) is 11.0 Å². The fourth-order valence-electron chi connectivity index (χ4n) is 1.83. The summed E-state index contributed by atoms with van der Waals surface area (Å²) in [4.78, 5) is 16.8. The highest BCUT2D eigenvalue weighted by atomic mass is 19.1. The predicted molar refractivity (Wildman–Crippen MR) is 56.4 cm³/mol. The molecule has 0 fully saturated rings. The molecular formula is C11H7FN2O. The molecular weight excluding hydrogens is 195 g/mol. The molecule has 0 spiro atoms. The van der Waals surface area contributed by atoms with Crippen LogP contribution in [0.25, 0.3) is 21.8 Å². The van der Waals surface area contributed by atoms with Gasteiger partial charge in [-0.15, -0.1) is 0 Å². The molecule has 0 aliphatic rings. The number of benzene rings is 1. The van der Waals surface area contributed by atoms with E-state index in [2.05, 4.69) is 9.97 Å². The number of para-hydroxylation sites is 1. The molecule has 0 saturated heterocycles. The summed E-state index contributed by atoms with van der Waals surface area (Å²) in [7, 11) is 0. The van der Waals surface area contributed by atoms with Gasteiger partial charge in [-0.05, 0) is 12.1 Å². The molecule has 1 aromatic carbocycles. The molecule has 0 unspecified atom stereocenters. The highest BCUT2D eigenvalue weighted by molar-refractivity contribution is 6.06. The lowest BCUT2D eigenvalue weighted by Crippen LogP contribution is -2.03. The van der Waals surface area contributed by atoms with E-state index in [1.54, 1.807) is 24.4 Å². The zero-order valence-corrected chi connectivity index (χ0v) is 7.67. The van der Waals surface area contributed by atoms with Gasteiger partial charge in [-0.3, -0.25) is 4.79 Å². The topological polar surface area (TPSA) is 48.6 Å². The Labute approximate surface area is 83.6 Å². The summed E-state index contributed by atoms with van der Waals surface area (Å²) in [5.74, 6) is -0.344. The van der Waals surface area contributed by atoms with Gasteiger partial charge in [0.25, 0.3) is 5.56 Å². The van der Waals surface area contributed by atoms with Gasteiger partial charge in [0.2, 0.25) is 0 Å². The van der Waals surface area contributed by atoms with Crippen molar-refractivity contribution in [2.24, 2.45) is 0 Å². The second-order valence-electron chi connectivity index (χ2n) is 3.38. The normalized spacial score (nSPS) is 11.3. The highest BCUT2D eigenvalue weighted by Crippen LogP contribution is 2.24. The van der Waals surface area contributed by atoms with Crippen molar-refractivity contribution in [3.05, 3.63) is 46.6 Å². The van der Waals surface area contributed by atoms with Crippen molar-refractivity contribution in [1.82, 2.24) is 9.97 Å². The molecule has 2 heterocycles. The van der Waals surface area contributed by atoms with E-state index in [0.717, 1.165) is 10.8 Å². The van der Waals surface area contributed by atoms with Gasteiger partial charge >= 0.3 is 0 Å². The minimum atomic E-state index is -0.344.